The number of hydrogen-bond donors (Lipinski definition) is 2. The number of carboxylic acid groups (broad SMARTS) is 1. The fraction of sp³-hybridized carbons (Fsp3) is 0.667. The Labute approximate surface area is 123 Å². The molecule has 0 aliphatic heterocycles. The van der Waals surface area contributed by atoms with E-state index in [0.717, 1.165) is 19.4 Å². The lowest BCUT2D eigenvalue weighted by Gasteiger charge is -2.18. The number of carbonyl (C=O) groups is 2. The van der Waals surface area contributed by atoms with E-state index < -0.39 is 5.97 Å². The first-order valence-corrected chi connectivity index (χ1v) is 7.56. The number of rotatable bonds is 6. The van der Waals surface area contributed by atoms with Crippen LogP contribution < -0.4 is 5.32 Å². The molecule has 0 saturated heterocycles. The van der Waals surface area contributed by atoms with Gasteiger partial charge in [0.2, 0.25) is 5.91 Å². The summed E-state index contributed by atoms with van der Waals surface area (Å²) in [7, 11) is 0. The molecule has 3 rings (SSSR count). The van der Waals surface area contributed by atoms with Crippen molar-refractivity contribution in [2.45, 2.75) is 38.6 Å². The Morgan fingerprint density at radius 1 is 1.33 bits per heavy atom. The molecule has 2 fully saturated rings. The second-order valence-electron chi connectivity index (χ2n) is 6.47. The van der Waals surface area contributed by atoms with Crippen molar-refractivity contribution in [2.75, 3.05) is 6.54 Å². The maximum Gasteiger partial charge on any atom is 0.306 e. The van der Waals surface area contributed by atoms with Gasteiger partial charge in [0, 0.05) is 36.8 Å². The molecule has 21 heavy (non-hydrogen) atoms. The highest BCUT2D eigenvalue weighted by Gasteiger charge is 2.44. The van der Waals surface area contributed by atoms with Crippen LogP contribution in [-0.4, -0.2) is 33.3 Å². The molecule has 0 bridgehead atoms. The van der Waals surface area contributed by atoms with Crippen LogP contribution in [0.1, 0.15) is 32.1 Å². The highest BCUT2D eigenvalue weighted by Crippen LogP contribution is 2.46. The zero-order valence-electron chi connectivity index (χ0n) is 12.0. The van der Waals surface area contributed by atoms with Crippen LogP contribution in [0, 0.1) is 17.3 Å². The average Bonchev–Trinajstić information content (AvgIpc) is 2.89. The summed E-state index contributed by atoms with van der Waals surface area (Å²) in [5.74, 6) is -1.24. The largest absolute Gasteiger partial charge is 0.481 e. The van der Waals surface area contributed by atoms with Crippen LogP contribution in [0.2, 0.25) is 0 Å². The Morgan fingerprint density at radius 2 is 2.10 bits per heavy atom. The number of aliphatic carboxylic acids is 1. The quantitative estimate of drug-likeness (QED) is 0.827. The Morgan fingerprint density at radius 3 is 2.67 bits per heavy atom. The first-order valence-electron chi connectivity index (χ1n) is 7.56. The number of nitrogens with one attached hydrogen (secondary N) is 1. The summed E-state index contributed by atoms with van der Waals surface area (Å²) in [5.41, 5.74) is 0.145. The van der Waals surface area contributed by atoms with Crippen molar-refractivity contribution in [2.24, 2.45) is 17.3 Å². The van der Waals surface area contributed by atoms with Crippen LogP contribution in [0.25, 0.3) is 0 Å². The molecule has 2 atom stereocenters. The normalized spacial score (nSPS) is 26.5. The van der Waals surface area contributed by atoms with Crippen LogP contribution >= 0.6 is 0 Å². The molecule has 6 nitrogen and oxygen atoms in total. The van der Waals surface area contributed by atoms with Crippen molar-refractivity contribution in [3.63, 3.8) is 0 Å². The summed E-state index contributed by atoms with van der Waals surface area (Å²) >= 11 is 0. The average molecular weight is 291 g/mol. The summed E-state index contributed by atoms with van der Waals surface area (Å²) in [4.78, 5) is 23.1. The van der Waals surface area contributed by atoms with Gasteiger partial charge >= 0.3 is 5.97 Å². The summed E-state index contributed by atoms with van der Waals surface area (Å²) in [6, 6.07) is 1.90. The Balaban J connectivity index is 1.47. The molecule has 1 heterocycles. The second kappa shape index (κ2) is 5.50. The van der Waals surface area contributed by atoms with Crippen molar-refractivity contribution in [1.82, 2.24) is 15.1 Å². The SMILES string of the molecule is O=C(O)[C@@H]1CC[C@H](C(=O)NCC2(Cn3cccn3)CC2)C1. The standard InChI is InChI=1S/C15H21N3O3/c19-13(11-2-3-12(8-11)14(20)21)16-9-15(4-5-15)10-18-7-1-6-17-18/h1,6-7,11-12H,2-5,8-10H2,(H,16,19)(H,20,21)/t11-,12+/m0/s1. The van der Waals surface area contributed by atoms with E-state index in [1.165, 1.54) is 0 Å². The van der Waals surface area contributed by atoms with E-state index in [1.807, 2.05) is 16.9 Å². The van der Waals surface area contributed by atoms with Gasteiger partial charge in [0.15, 0.2) is 0 Å². The van der Waals surface area contributed by atoms with Crippen LogP contribution in [0.5, 0.6) is 0 Å². The molecule has 2 aliphatic carbocycles. The summed E-state index contributed by atoms with van der Waals surface area (Å²) in [6.45, 7) is 1.50. The molecule has 114 valence electrons. The Bertz CT molecular complexity index is 522. The van der Waals surface area contributed by atoms with Gasteiger partial charge in [-0.1, -0.05) is 0 Å². The van der Waals surface area contributed by atoms with E-state index in [2.05, 4.69) is 10.4 Å². The third kappa shape index (κ3) is 3.25. The molecule has 2 N–H and O–H groups in total. The molecule has 2 saturated carbocycles. The van der Waals surface area contributed by atoms with Gasteiger partial charge in [-0.25, -0.2) is 0 Å². The molecule has 1 aromatic rings. The number of carbonyl (C=O) groups excluding carboxylic acids is 1. The number of aromatic nitrogens is 2. The molecular formula is C15H21N3O3. The molecular weight excluding hydrogens is 270 g/mol. The predicted molar refractivity (Wildman–Crippen MR) is 75.4 cm³/mol. The fourth-order valence-electron chi connectivity index (χ4n) is 3.17. The first-order chi connectivity index (χ1) is 10.1. The van der Waals surface area contributed by atoms with E-state index in [4.69, 9.17) is 5.11 Å². The lowest BCUT2D eigenvalue weighted by atomic mass is 10.0. The topological polar surface area (TPSA) is 84.2 Å². The molecule has 0 spiro atoms. The lowest BCUT2D eigenvalue weighted by molar-refractivity contribution is -0.141. The van der Waals surface area contributed by atoms with Crippen molar-refractivity contribution in [1.29, 1.82) is 0 Å². The predicted octanol–water partition coefficient (Wildman–Crippen LogP) is 1.28. The zero-order chi connectivity index (χ0) is 14.9. The van der Waals surface area contributed by atoms with E-state index in [0.29, 0.717) is 25.8 Å². The smallest absolute Gasteiger partial charge is 0.306 e. The first kappa shape index (κ1) is 14.1. The number of hydrogen-bond acceptors (Lipinski definition) is 3. The fourth-order valence-corrected chi connectivity index (χ4v) is 3.17. The highest BCUT2D eigenvalue weighted by atomic mass is 16.4. The van der Waals surface area contributed by atoms with Crippen molar-refractivity contribution in [3.8, 4) is 0 Å². The molecule has 2 aliphatic rings. The van der Waals surface area contributed by atoms with Gasteiger partial charge in [0.1, 0.15) is 0 Å². The van der Waals surface area contributed by atoms with Crippen molar-refractivity contribution in [3.05, 3.63) is 18.5 Å². The maximum atomic E-state index is 12.2. The third-order valence-electron chi connectivity index (χ3n) is 4.80. The van der Waals surface area contributed by atoms with Gasteiger partial charge in [-0.15, -0.1) is 0 Å². The van der Waals surface area contributed by atoms with Crippen LogP contribution in [0.4, 0.5) is 0 Å². The van der Waals surface area contributed by atoms with Gasteiger partial charge in [0.25, 0.3) is 0 Å². The van der Waals surface area contributed by atoms with Crippen molar-refractivity contribution < 1.29 is 14.7 Å². The second-order valence-corrected chi connectivity index (χ2v) is 6.47. The van der Waals surface area contributed by atoms with E-state index >= 15 is 0 Å². The lowest BCUT2D eigenvalue weighted by Crippen LogP contribution is -2.36. The van der Waals surface area contributed by atoms with Gasteiger partial charge in [-0.2, -0.15) is 5.10 Å². The Kier molecular flexibility index (Phi) is 3.69. The molecule has 6 heteroatoms. The number of carboxylic acids is 1. The van der Waals surface area contributed by atoms with Crippen LogP contribution in [0.3, 0.4) is 0 Å². The molecule has 1 amide bonds. The molecule has 1 aromatic heterocycles. The monoisotopic (exact) mass is 291 g/mol. The minimum atomic E-state index is -0.775. The number of nitrogens with zero attached hydrogens (tertiary/aromatic N) is 2. The molecule has 0 aromatic carbocycles. The van der Waals surface area contributed by atoms with Gasteiger partial charge in [-0.05, 0) is 38.2 Å². The summed E-state index contributed by atoms with van der Waals surface area (Å²) < 4.78 is 1.91. The van der Waals surface area contributed by atoms with Crippen LogP contribution in [-0.2, 0) is 16.1 Å². The minimum absolute atomic E-state index is 0.0190. The number of amides is 1. The highest BCUT2D eigenvalue weighted by molar-refractivity contribution is 5.80. The minimum Gasteiger partial charge on any atom is -0.481 e. The maximum absolute atomic E-state index is 12.2. The summed E-state index contributed by atoms with van der Waals surface area (Å²) in [5, 5.41) is 16.2. The van der Waals surface area contributed by atoms with Gasteiger partial charge in [0.05, 0.1) is 5.92 Å². The van der Waals surface area contributed by atoms with E-state index in [1.54, 1.807) is 6.20 Å². The Hall–Kier alpha value is -1.85. The molecule has 0 radical (unpaired) electrons. The third-order valence-corrected chi connectivity index (χ3v) is 4.80. The van der Waals surface area contributed by atoms with Gasteiger partial charge in [-0.3, -0.25) is 14.3 Å². The zero-order valence-corrected chi connectivity index (χ0v) is 12.0. The van der Waals surface area contributed by atoms with E-state index in [-0.39, 0.29) is 23.2 Å². The van der Waals surface area contributed by atoms with E-state index in [9.17, 15) is 9.59 Å². The molecule has 0 unspecified atom stereocenters. The van der Waals surface area contributed by atoms with Crippen LogP contribution in [0.15, 0.2) is 18.5 Å². The summed E-state index contributed by atoms with van der Waals surface area (Å²) in [6.07, 6.45) is 7.70. The van der Waals surface area contributed by atoms with Gasteiger partial charge < -0.3 is 10.4 Å². The van der Waals surface area contributed by atoms with Crippen molar-refractivity contribution >= 4 is 11.9 Å².